The predicted octanol–water partition coefficient (Wildman–Crippen LogP) is 5.78. The Morgan fingerprint density at radius 1 is 0.308 bits per heavy atom. The van der Waals surface area contributed by atoms with E-state index in [0.717, 1.165) is 0 Å². The van der Waals surface area contributed by atoms with E-state index in [9.17, 15) is 0 Å². The van der Waals surface area contributed by atoms with Crippen LogP contribution in [0.1, 0.15) is 66.8 Å². The summed E-state index contributed by atoms with van der Waals surface area (Å²) in [5, 5.41) is 5.87. The van der Waals surface area contributed by atoms with Crippen molar-refractivity contribution in [2.45, 2.75) is 83.1 Å². The molecule has 0 N–H and O–H groups in total. The molecule has 4 rings (SSSR count). The van der Waals surface area contributed by atoms with Crippen LogP contribution in [0.15, 0.2) is 48.5 Å². The maximum Gasteiger partial charge on any atom is 0.229 e. The molecule has 0 aliphatic rings. The van der Waals surface area contributed by atoms with Gasteiger partial charge in [0.15, 0.2) is 0 Å². The Morgan fingerprint density at radius 2 is 0.487 bits per heavy atom. The van der Waals surface area contributed by atoms with Crippen LogP contribution in [0.3, 0.4) is 0 Å². The fourth-order valence-corrected chi connectivity index (χ4v) is 14.6. The molecular formula is C36H46OSi2. The second kappa shape index (κ2) is 11.4. The fraction of sp³-hybridized carbons (Fsp3) is 0.333. The molecule has 39 heavy (non-hydrogen) atoms. The molecule has 0 atom stereocenters. The third kappa shape index (κ3) is 5.37. The first-order valence-electron chi connectivity index (χ1n) is 14.3. The molecule has 0 amide bonds. The van der Waals surface area contributed by atoms with Gasteiger partial charge in [0, 0.05) is 0 Å². The second-order valence-electron chi connectivity index (χ2n) is 11.8. The summed E-state index contributed by atoms with van der Waals surface area (Å²) in [4.78, 5) is 0. The van der Waals surface area contributed by atoms with E-state index < -0.39 is 18.1 Å². The van der Waals surface area contributed by atoms with Crippen LogP contribution in [0.5, 0.6) is 0 Å². The van der Waals surface area contributed by atoms with Gasteiger partial charge in [-0.15, -0.1) is 0 Å². The van der Waals surface area contributed by atoms with Crippen molar-refractivity contribution in [1.82, 2.24) is 0 Å². The summed E-state index contributed by atoms with van der Waals surface area (Å²) in [6.45, 7) is 27.4. The predicted molar refractivity (Wildman–Crippen MR) is 177 cm³/mol. The van der Waals surface area contributed by atoms with Crippen LogP contribution < -0.4 is 20.7 Å². The van der Waals surface area contributed by atoms with Gasteiger partial charge < -0.3 is 4.12 Å². The molecule has 1 nitrogen and oxygen atoms in total. The van der Waals surface area contributed by atoms with Gasteiger partial charge in [-0.2, -0.15) is 0 Å². The van der Waals surface area contributed by atoms with Gasteiger partial charge in [0.1, 0.15) is 0 Å². The van der Waals surface area contributed by atoms with E-state index in [1.807, 2.05) is 0 Å². The van der Waals surface area contributed by atoms with Crippen LogP contribution in [0.4, 0.5) is 0 Å². The quantitative estimate of drug-likeness (QED) is 0.277. The maximum atomic E-state index is 7.94. The zero-order valence-electron chi connectivity index (χ0n) is 26.2. The number of aryl methyl sites for hydroxylation is 8. The molecular weight excluding hydrogens is 505 g/mol. The molecule has 0 radical (unpaired) electrons. The summed E-state index contributed by atoms with van der Waals surface area (Å²) in [7, 11) is -4.23. The topological polar surface area (TPSA) is 9.23 Å². The molecule has 0 aliphatic carbocycles. The number of hydrogen-bond acceptors (Lipinski definition) is 1. The van der Waals surface area contributed by atoms with Gasteiger partial charge in [-0.25, -0.2) is 0 Å². The largest absolute Gasteiger partial charge is 0.446 e. The van der Waals surface area contributed by atoms with Gasteiger partial charge in [-0.05, 0) is 171 Å². The van der Waals surface area contributed by atoms with Crippen molar-refractivity contribution in [3.05, 3.63) is 115 Å². The van der Waals surface area contributed by atoms with Crippen molar-refractivity contribution >= 4 is 38.8 Å². The highest BCUT2D eigenvalue weighted by atomic mass is 28.4. The summed E-state index contributed by atoms with van der Waals surface area (Å²) < 4.78 is 7.94. The van der Waals surface area contributed by atoms with Gasteiger partial charge in [-0.3, -0.25) is 0 Å². The lowest BCUT2D eigenvalue weighted by atomic mass is 10.1. The Hall–Kier alpha value is -2.73. The summed E-state index contributed by atoms with van der Waals surface area (Å²) >= 11 is 0. The van der Waals surface area contributed by atoms with E-state index in [2.05, 4.69) is 132 Å². The molecule has 0 heterocycles. The van der Waals surface area contributed by atoms with E-state index in [1.165, 1.54) is 87.5 Å². The molecule has 0 saturated carbocycles. The van der Waals surface area contributed by atoms with E-state index in [1.54, 1.807) is 0 Å². The molecule has 4 aromatic carbocycles. The van der Waals surface area contributed by atoms with Gasteiger partial charge in [0.05, 0.1) is 0 Å². The lowest BCUT2D eigenvalue weighted by Gasteiger charge is -2.33. The Morgan fingerprint density at radius 3 is 0.692 bits per heavy atom. The Bertz CT molecular complexity index is 1330. The molecule has 0 spiro atoms. The van der Waals surface area contributed by atoms with Gasteiger partial charge in [0.2, 0.25) is 18.1 Å². The number of hydrogen-bond donors (Lipinski definition) is 0. The smallest absolute Gasteiger partial charge is 0.229 e. The van der Waals surface area contributed by atoms with Crippen molar-refractivity contribution in [3.63, 3.8) is 0 Å². The molecule has 0 unspecified atom stereocenters. The summed E-state index contributed by atoms with van der Waals surface area (Å²) in [5.41, 5.74) is 16.4. The highest BCUT2D eigenvalue weighted by molar-refractivity contribution is 6.93. The molecule has 3 heteroatoms. The van der Waals surface area contributed by atoms with E-state index in [-0.39, 0.29) is 0 Å². The van der Waals surface area contributed by atoms with Crippen LogP contribution in [-0.4, -0.2) is 18.1 Å². The van der Waals surface area contributed by atoms with Gasteiger partial charge in [0.25, 0.3) is 0 Å². The van der Waals surface area contributed by atoms with Crippen molar-refractivity contribution in [2.24, 2.45) is 0 Å². The number of benzene rings is 4. The minimum Gasteiger partial charge on any atom is -0.446 e. The van der Waals surface area contributed by atoms with Crippen LogP contribution in [0.25, 0.3) is 0 Å². The van der Waals surface area contributed by atoms with Crippen molar-refractivity contribution < 1.29 is 4.12 Å². The summed E-state index contributed by atoms with van der Waals surface area (Å²) in [5.74, 6) is 0. The average molecular weight is 551 g/mol. The molecule has 204 valence electrons. The third-order valence-electron chi connectivity index (χ3n) is 9.34. The van der Waals surface area contributed by atoms with Crippen molar-refractivity contribution in [3.8, 4) is 0 Å². The van der Waals surface area contributed by atoms with Crippen LogP contribution in [-0.2, 0) is 4.12 Å². The zero-order valence-corrected chi connectivity index (χ0v) is 28.5. The van der Waals surface area contributed by atoms with Gasteiger partial charge in [-0.1, -0.05) is 48.5 Å². The van der Waals surface area contributed by atoms with Crippen molar-refractivity contribution in [2.75, 3.05) is 0 Å². The first kappa shape index (κ1) is 29.3. The van der Waals surface area contributed by atoms with E-state index in [4.69, 9.17) is 4.12 Å². The van der Waals surface area contributed by atoms with Crippen LogP contribution >= 0.6 is 0 Å². The van der Waals surface area contributed by atoms with Crippen LogP contribution in [0, 0.1) is 83.1 Å². The molecule has 0 aromatic heterocycles. The monoisotopic (exact) mass is 550 g/mol. The average Bonchev–Trinajstić information content (AvgIpc) is 2.88. The standard InChI is InChI=1S/C36H46OSi2/c1-21-13-17-25(5)33(29(21)9)38(34-26(6)18-14-22(2)30(34)10)37-39(35-27(7)19-15-23(3)31(35)11)36-28(8)20-16-24(4)32(36)12/h13-20,38-39H,1-12H3. The fourth-order valence-electron chi connectivity index (χ4n) is 6.20. The summed E-state index contributed by atoms with van der Waals surface area (Å²) in [6, 6.07) is 18.3. The van der Waals surface area contributed by atoms with Crippen LogP contribution in [0.2, 0.25) is 0 Å². The maximum absolute atomic E-state index is 7.94. The normalized spacial score (nSPS) is 11.6. The Balaban J connectivity index is 2.11. The molecule has 4 aromatic rings. The third-order valence-corrected chi connectivity index (χ3v) is 17.2. The SMILES string of the molecule is Cc1ccc(C)c([SiH](O[SiH](c2c(C)ccc(C)c2C)c2c(C)ccc(C)c2C)c2c(C)ccc(C)c2C)c1C. The molecule has 0 aliphatic heterocycles. The highest BCUT2D eigenvalue weighted by Crippen LogP contribution is 2.19. The van der Waals surface area contributed by atoms with Gasteiger partial charge >= 0.3 is 0 Å². The first-order chi connectivity index (χ1) is 18.3. The summed E-state index contributed by atoms with van der Waals surface area (Å²) in [6.07, 6.45) is 0. The Kier molecular flexibility index (Phi) is 8.56. The minimum atomic E-state index is -2.11. The molecule has 0 fully saturated rings. The lowest BCUT2D eigenvalue weighted by molar-refractivity contribution is 0.631. The molecule has 0 saturated heterocycles. The lowest BCUT2D eigenvalue weighted by Crippen LogP contribution is -2.60. The second-order valence-corrected chi connectivity index (χ2v) is 16.8. The highest BCUT2D eigenvalue weighted by Gasteiger charge is 2.34. The Labute approximate surface area is 240 Å². The van der Waals surface area contributed by atoms with E-state index >= 15 is 0 Å². The van der Waals surface area contributed by atoms with E-state index in [0.29, 0.717) is 0 Å². The number of rotatable bonds is 6. The van der Waals surface area contributed by atoms with Crippen molar-refractivity contribution in [1.29, 1.82) is 0 Å². The first-order valence-corrected chi connectivity index (χ1v) is 17.5. The zero-order chi connectivity index (χ0) is 28.8. The molecule has 0 bridgehead atoms. The minimum absolute atomic E-state index is 1.35.